The van der Waals surface area contributed by atoms with Gasteiger partial charge in [-0.05, 0) is 6.42 Å². The van der Waals surface area contributed by atoms with Crippen molar-refractivity contribution in [3.8, 4) is 0 Å². The van der Waals surface area contributed by atoms with Crippen molar-refractivity contribution >= 4 is 6.34 Å². The zero-order valence-electron chi connectivity index (χ0n) is 9.65. The highest BCUT2D eigenvalue weighted by Crippen LogP contribution is 1.79. The van der Waals surface area contributed by atoms with Gasteiger partial charge in [0, 0.05) is 13.1 Å². The van der Waals surface area contributed by atoms with Gasteiger partial charge < -0.3 is 5.32 Å². The van der Waals surface area contributed by atoms with Crippen molar-refractivity contribution in [2.75, 3.05) is 13.1 Å². The van der Waals surface area contributed by atoms with Crippen LogP contribution in [0.4, 0.5) is 0 Å². The molecule has 0 saturated carbocycles. The normalized spacial score (nSPS) is 11.5. The van der Waals surface area contributed by atoms with Crippen LogP contribution in [0.1, 0.15) is 48.0 Å². The molecule has 0 fully saturated rings. The van der Waals surface area contributed by atoms with Gasteiger partial charge in [-0.2, -0.15) is 0 Å². The van der Waals surface area contributed by atoms with Crippen LogP contribution in [0.25, 0.3) is 0 Å². The number of hydrogen-bond acceptors (Lipinski definition) is 2. The number of rotatable bonds is 0. The second-order valence-electron chi connectivity index (χ2n) is 1.34. The lowest BCUT2D eigenvalue weighted by atomic mass is 10.4. The first-order valence-electron chi connectivity index (χ1n) is 5.22. The Bertz CT molecular complexity index is 52.9. The van der Waals surface area contributed by atoms with Crippen molar-refractivity contribution in [2.24, 2.45) is 4.99 Å². The summed E-state index contributed by atoms with van der Waals surface area (Å²) in [6.07, 6.45) is 2.96. The molecule has 76 valence electrons. The maximum absolute atomic E-state index is 3.94. The van der Waals surface area contributed by atoms with Crippen molar-refractivity contribution in [3.63, 3.8) is 0 Å². The van der Waals surface area contributed by atoms with E-state index in [1.54, 1.807) is 6.34 Å². The number of hydrogen-bond donors (Lipinski definition) is 1. The van der Waals surface area contributed by atoms with Crippen LogP contribution in [0.2, 0.25) is 0 Å². The van der Waals surface area contributed by atoms with Gasteiger partial charge in [0.2, 0.25) is 0 Å². The van der Waals surface area contributed by atoms with Crippen LogP contribution in [-0.2, 0) is 0 Å². The van der Waals surface area contributed by atoms with E-state index in [-0.39, 0.29) is 0 Å². The average Bonchev–Trinajstić information content (AvgIpc) is 2.29. The highest BCUT2D eigenvalue weighted by Gasteiger charge is 1.85. The first-order valence-corrected chi connectivity index (χ1v) is 5.22. The molecule has 1 aliphatic rings. The molecule has 12 heavy (non-hydrogen) atoms. The lowest BCUT2D eigenvalue weighted by Crippen LogP contribution is -2.17. The second-order valence-corrected chi connectivity index (χ2v) is 1.34. The number of nitrogens with zero attached hydrogens (tertiary/aromatic N) is 1. The van der Waals surface area contributed by atoms with Crippen molar-refractivity contribution < 1.29 is 0 Å². The number of aliphatic imine (C=N–C) groups is 1. The van der Waals surface area contributed by atoms with Crippen LogP contribution in [0, 0.1) is 0 Å². The summed E-state index contributed by atoms with van der Waals surface area (Å²) in [4.78, 5) is 3.94. The molecular weight excluding hydrogens is 148 g/mol. The molecule has 2 heteroatoms. The van der Waals surface area contributed by atoms with Crippen LogP contribution in [0.5, 0.6) is 0 Å². The maximum Gasteiger partial charge on any atom is 0.0823 e. The first kappa shape index (κ1) is 17.5. The SMILES string of the molecule is C1=NCCCN1.CC.CC.CC. The Morgan fingerprint density at radius 1 is 1.00 bits per heavy atom. The van der Waals surface area contributed by atoms with Crippen molar-refractivity contribution in [1.82, 2.24) is 5.32 Å². The van der Waals surface area contributed by atoms with Crippen LogP contribution in [-0.4, -0.2) is 19.4 Å². The van der Waals surface area contributed by atoms with Crippen LogP contribution < -0.4 is 5.32 Å². The Labute approximate surface area is 78.5 Å². The van der Waals surface area contributed by atoms with Gasteiger partial charge in [-0.15, -0.1) is 0 Å². The zero-order chi connectivity index (χ0) is 10.2. The molecule has 2 nitrogen and oxygen atoms in total. The van der Waals surface area contributed by atoms with Gasteiger partial charge in [0.05, 0.1) is 6.34 Å². The molecule has 1 aliphatic heterocycles. The van der Waals surface area contributed by atoms with E-state index in [4.69, 9.17) is 0 Å². The summed E-state index contributed by atoms with van der Waals surface area (Å²) in [6.45, 7) is 14.1. The summed E-state index contributed by atoms with van der Waals surface area (Å²) in [5.74, 6) is 0. The van der Waals surface area contributed by atoms with E-state index in [9.17, 15) is 0 Å². The maximum atomic E-state index is 3.94. The Balaban J connectivity index is -0.000000117. The smallest absolute Gasteiger partial charge is 0.0823 e. The predicted octanol–water partition coefficient (Wildman–Crippen LogP) is 3.09. The summed E-state index contributed by atoms with van der Waals surface area (Å²) in [5, 5.41) is 2.99. The molecule has 0 aliphatic carbocycles. The molecular formula is C10H26N2. The van der Waals surface area contributed by atoms with Gasteiger partial charge in [-0.1, -0.05) is 41.5 Å². The standard InChI is InChI=1S/C4H8N2.3C2H6/c1-2-5-4-6-3-1;3*1-2/h4H,1-3H2,(H,5,6);3*1-2H3. The summed E-state index contributed by atoms with van der Waals surface area (Å²) in [7, 11) is 0. The monoisotopic (exact) mass is 174 g/mol. The van der Waals surface area contributed by atoms with Crippen LogP contribution in [0.3, 0.4) is 0 Å². The topological polar surface area (TPSA) is 24.4 Å². The highest BCUT2D eigenvalue weighted by atomic mass is 15.0. The number of nitrogens with one attached hydrogen (secondary N) is 1. The highest BCUT2D eigenvalue weighted by molar-refractivity contribution is 5.54. The van der Waals surface area contributed by atoms with E-state index in [1.807, 2.05) is 41.5 Å². The minimum atomic E-state index is 1.01. The lowest BCUT2D eigenvalue weighted by molar-refractivity contribution is 0.755. The van der Waals surface area contributed by atoms with E-state index in [0.29, 0.717) is 0 Å². The third-order valence-electron chi connectivity index (χ3n) is 0.791. The van der Waals surface area contributed by atoms with Crippen molar-refractivity contribution in [1.29, 1.82) is 0 Å². The second kappa shape index (κ2) is 31.4. The fourth-order valence-electron chi connectivity index (χ4n) is 0.466. The summed E-state index contributed by atoms with van der Waals surface area (Å²) >= 11 is 0. The van der Waals surface area contributed by atoms with Crippen molar-refractivity contribution in [3.05, 3.63) is 0 Å². The largest absolute Gasteiger partial charge is 0.376 e. The van der Waals surface area contributed by atoms with Gasteiger partial charge in [0.15, 0.2) is 0 Å². The molecule has 0 saturated heterocycles. The average molecular weight is 174 g/mol. The molecule has 0 spiro atoms. The molecule has 1 rings (SSSR count). The van der Waals surface area contributed by atoms with E-state index < -0.39 is 0 Å². The van der Waals surface area contributed by atoms with E-state index in [1.165, 1.54) is 6.42 Å². The van der Waals surface area contributed by atoms with Gasteiger partial charge in [-0.3, -0.25) is 4.99 Å². The van der Waals surface area contributed by atoms with Crippen LogP contribution >= 0.6 is 0 Å². The molecule has 0 atom stereocenters. The molecule has 0 aromatic carbocycles. The first-order chi connectivity index (χ1) is 6.00. The molecule has 0 bridgehead atoms. The quantitative estimate of drug-likeness (QED) is 0.599. The summed E-state index contributed by atoms with van der Waals surface area (Å²) in [5.41, 5.74) is 0. The molecule has 0 aromatic rings. The fraction of sp³-hybridized carbons (Fsp3) is 0.900. The molecule has 0 aromatic heterocycles. The van der Waals surface area contributed by atoms with E-state index in [2.05, 4.69) is 10.3 Å². The zero-order valence-corrected chi connectivity index (χ0v) is 9.65. The summed E-state index contributed by atoms with van der Waals surface area (Å²) < 4.78 is 0. The van der Waals surface area contributed by atoms with Crippen molar-refractivity contribution in [2.45, 2.75) is 48.0 Å². The Morgan fingerprint density at radius 3 is 1.58 bits per heavy atom. The molecule has 1 N–H and O–H groups in total. The minimum Gasteiger partial charge on any atom is -0.376 e. The third-order valence-corrected chi connectivity index (χ3v) is 0.791. The summed E-state index contributed by atoms with van der Waals surface area (Å²) in [6, 6.07) is 0. The van der Waals surface area contributed by atoms with E-state index >= 15 is 0 Å². The third kappa shape index (κ3) is 22.7. The molecule has 0 amide bonds. The Morgan fingerprint density at radius 2 is 1.50 bits per heavy atom. The van der Waals surface area contributed by atoms with Gasteiger partial charge in [-0.25, -0.2) is 0 Å². The fourth-order valence-corrected chi connectivity index (χ4v) is 0.466. The Kier molecular flexibility index (Phi) is 45.8. The van der Waals surface area contributed by atoms with Gasteiger partial charge in [0.1, 0.15) is 0 Å². The van der Waals surface area contributed by atoms with Crippen LogP contribution in [0.15, 0.2) is 4.99 Å². The van der Waals surface area contributed by atoms with Gasteiger partial charge in [0.25, 0.3) is 0 Å². The lowest BCUT2D eigenvalue weighted by Gasteiger charge is -2.01. The minimum absolute atomic E-state index is 1.01. The molecule has 0 radical (unpaired) electrons. The predicted molar refractivity (Wildman–Crippen MR) is 60.0 cm³/mol. The van der Waals surface area contributed by atoms with E-state index in [0.717, 1.165) is 13.1 Å². The molecule has 1 heterocycles. The van der Waals surface area contributed by atoms with Gasteiger partial charge >= 0.3 is 0 Å². The Hall–Kier alpha value is -0.530. The molecule has 0 unspecified atom stereocenters.